The first-order valence-electron chi connectivity index (χ1n) is 10.2. The molecule has 1 aromatic carbocycles. The van der Waals surface area contributed by atoms with Crippen molar-refractivity contribution in [3.05, 3.63) is 54.1 Å². The van der Waals surface area contributed by atoms with Gasteiger partial charge in [-0.25, -0.2) is 9.78 Å². The third-order valence-corrected chi connectivity index (χ3v) is 5.04. The summed E-state index contributed by atoms with van der Waals surface area (Å²) in [5.41, 5.74) is 3.20. The van der Waals surface area contributed by atoms with E-state index in [1.165, 1.54) is 4.90 Å². The number of hydrogen-bond donors (Lipinski definition) is 0. The van der Waals surface area contributed by atoms with Gasteiger partial charge in [-0.15, -0.1) is 0 Å². The van der Waals surface area contributed by atoms with Crippen molar-refractivity contribution in [2.24, 2.45) is 5.92 Å². The predicted octanol–water partition coefficient (Wildman–Crippen LogP) is 3.78. The van der Waals surface area contributed by atoms with Crippen LogP contribution in [-0.2, 0) is 9.53 Å². The van der Waals surface area contributed by atoms with Crippen molar-refractivity contribution in [1.29, 1.82) is 0 Å². The van der Waals surface area contributed by atoms with Gasteiger partial charge in [-0.05, 0) is 56.5 Å². The Labute approximate surface area is 176 Å². The number of hydrogen-bond acceptors (Lipinski definition) is 5. The minimum absolute atomic E-state index is 0.211. The number of amides is 1. The van der Waals surface area contributed by atoms with Crippen molar-refractivity contribution in [3.8, 4) is 5.69 Å². The number of imidazole rings is 1. The fourth-order valence-corrected chi connectivity index (χ4v) is 3.57. The Morgan fingerprint density at radius 1 is 1.17 bits per heavy atom. The van der Waals surface area contributed by atoms with Crippen LogP contribution in [0.4, 0.5) is 0 Å². The van der Waals surface area contributed by atoms with Crippen LogP contribution in [0.15, 0.2) is 42.7 Å². The number of fused-ring (bicyclic) bond motifs is 1. The highest BCUT2D eigenvalue weighted by molar-refractivity contribution is 5.96. The van der Waals surface area contributed by atoms with Crippen molar-refractivity contribution in [1.82, 2.24) is 19.4 Å². The molecule has 0 radical (unpaired) electrons. The van der Waals surface area contributed by atoms with E-state index in [4.69, 9.17) is 4.74 Å². The second kappa shape index (κ2) is 9.07. The Morgan fingerprint density at radius 3 is 2.50 bits per heavy atom. The van der Waals surface area contributed by atoms with E-state index in [0.29, 0.717) is 12.0 Å². The van der Waals surface area contributed by atoms with Crippen LogP contribution in [0.3, 0.4) is 0 Å². The Balaban J connectivity index is 1.86. The lowest BCUT2D eigenvalue weighted by molar-refractivity contribution is -0.148. The second-order valence-electron chi connectivity index (χ2n) is 7.72. The van der Waals surface area contributed by atoms with Crippen LogP contribution >= 0.6 is 0 Å². The average molecular weight is 409 g/mol. The SMILES string of the molecule is CCOC(=O)[C@H](CC(C)C)N(C)C(=O)c1ccc(-n2c(C)nc3cnccc32)cc1. The molecular weight excluding hydrogens is 380 g/mol. The third kappa shape index (κ3) is 4.35. The van der Waals surface area contributed by atoms with Gasteiger partial charge < -0.3 is 9.64 Å². The molecule has 0 spiro atoms. The summed E-state index contributed by atoms with van der Waals surface area (Å²) >= 11 is 0. The van der Waals surface area contributed by atoms with Crippen molar-refractivity contribution in [2.75, 3.05) is 13.7 Å². The van der Waals surface area contributed by atoms with Crippen LogP contribution in [0.1, 0.15) is 43.4 Å². The summed E-state index contributed by atoms with van der Waals surface area (Å²) in [5, 5.41) is 0. The zero-order valence-electron chi connectivity index (χ0n) is 18.1. The van der Waals surface area contributed by atoms with Crippen molar-refractivity contribution >= 4 is 22.9 Å². The van der Waals surface area contributed by atoms with Gasteiger partial charge in [-0.1, -0.05) is 13.8 Å². The molecule has 0 fully saturated rings. The first-order valence-corrected chi connectivity index (χ1v) is 10.2. The van der Waals surface area contributed by atoms with E-state index < -0.39 is 6.04 Å². The fourth-order valence-electron chi connectivity index (χ4n) is 3.57. The maximum Gasteiger partial charge on any atom is 0.328 e. The summed E-state index contributed by atoms with van der Waals surface area (Å²) in [5.74, 6) is 0.516. The monoisotopic (exact) mass is 408 g/mol. The van der Waals surface area contributed by atoms with Crippen LogP contribution in [0.25, 0.3) is 16.7 Å². The summed E-state index contributed by atoms with van der Waals surface area (Å²) in [4.78, 5) is 35.6. The van der Waals surface area contributed by atoms with E-state index in [1.807, 2.05) is 43.5 Å². The highest BCUT2D eigenvalue weighted by Gasteiger charge is 2.29. The van der Waals surface area contributed by atoms with E-state index >= 15 is 0 Å². The normalized spacial score (nSPS) is 12.2. The number of rotatable bonds is 7. The lowest BCUT2D eigenvalue weighted by Crippen LogP contribution is -2.44. The molecule has 30 heavy (non-hydrogen) atoms. The van der Waals surface area contributed by atoms with Crippen LogP contribution in [0, 0.1) is 12.8 Å². The predicted molar refractivity (Wildman–Crippen MR) is 116 cm³/mol. The first-order chi connectivity index (χ1) is 14.3. The number of ether oxygens (including phenoxy) is 1. The molecule has 0 unspecified atom stereocenters. The van der Waals surface area contributed by atoms with Crippen LogP contribution in [0.5, 0.6) is 0 Å². The topological polar surface area (TPSA) is 77.3 Å². The largest absolute Gasteiger partial charge is 0.464 e. The van der Waals surface area contributed by atoms with Gasteiger partial charge >= 0.3 is 5.97 Å². The number of aryl methyl sites for hydroxylation is 1. The molecule has 0 saturated carbocycles. The second-order valence-corrected chi connectivity index (χ2v) is 7.72. The Kier molecular flexibility index (Phi) is 6.50. The van der Waals surface area contributed by atoms with E-state index in [9.17, 15) is 9.59 Å². The number of esters is 1. The molecule has 7 heteroatoms. The molecule has 1 amide bonds. The van der Waals surface area contributed by atoms with E-state index in [1.54, 1.807) is 38.5 Å². The van der Waals surface area contributed by atoms with Gasteiger partial charge in [0.25, 0.3) is 5.91 Å². The Morgan fingerprint density at radius 2 is 1.87 bits per heavy atom. The quantitative estimate of drug-likeness (QED) is 0.556. The molecule has 2 aromatic heterocycles. The van der Waals surface area contributed by atoms with Gasteiger partial charge in [-0.2, -0.15) is 0 Å². The van der Waals surface area contributed by atoms with Crippen molar-refractivity contribution in [3.63, 3.8) is 0 Å². The summed E-state index contributed by atoms with van der Waals surface area (Å²) in [6, 6.07) is 8.63. The molecule has 0 bridgehead atoms. The number of benzene rings is 1. The molecule has 0 saturated heterocycles. The maximum absolute atomic E-state index is 13.0. The van der Waals surface area contributed by atoms with Gasteiger partial charge in [0.1, 0.15) is 17.4 Å². The molecular formula is C23H28N4O3. The zero-order valence-corrected chi connectivity index (χ0v) is 18.1. The Hall–Kier alpha value is -3.22. The lowest BCUT2D eigenvalue weighted by atomic mass is 10.0. The smallest absolute Gasteiger partial charge is 0.328 e. The molecule has 0 aliphatic carbocycles. The number of nitrogens with zero attached hydrogens (tertiary/aromatic N) is 4. The van der Waals surface area contributed by atoms with Gasteiger partial charge in [0.15, 0.2) is 0 Å². The van der Waals surface area contributed by atoms with E-state index in [0.717, 1.165) is 22.5 Å². The van der Waals surface area contributed by atoms with Crippen LogP contribution in [-0.4, -0.2) is 51.0 Å². The van der Waals surface area contributed by atoms with Gasteiger partial charge in [0.2, 0.25) is 0 Å². The molecule has 0 N–H and O–H groups in total. The van der Waals surface area contributed by atoms with E-state index in [2.05, 4.69) is 9.97 Å². The lowest BCUT2D eigenvalue weighted by Gasteiger charge is -2.28. The van der Waals surface area contributed by atoms with Crippen molar-refractivity contribution in [2.45, 2.75) is 40.2 Å². The molecule has 0 aliphatic heterocycles. The first kappa shape index (κ1) is 21.5. The van der Waals surface area contributed by atoms with Crippen molar-refractivity contribution < 1.29 is 14.3 Å². The standard InChI is InChI=1S/C23H28N4O3/c1-6-30-23(29)21(13-15(2)3)26(5)22(28)17-7-9-18(10-8-17)27-16(4)25-19-14-24-12-11-20(19)27/h7-12,14-15,21H,6,13H2,1-5H3/t21-/m0/s1. The maximum atomic E-state index is 13.0. The minimum Gasteiger partial charge on any atom is -0.464 e. The number of carbonyl (C=O) groups is 2. The van der Waals surface area contributed by atoms with Gasteiger partial charge in [0.05, 0.1) is 18.3 Å². The summed E-state index contributed by atoms with van der Waals surface area (Å²) in [7, 11) is 1.65. The third-order valence-electron chi connectivity index (χ3n) is 5.04. The molecule has 0 aliphatic rings. The molecule has 1 atom stereocenters. The highest BCUT2D eigenvalue weighted by atomic mass is 16.5. The van der Waals surface area contributed by atoms with Crippen LogP contribution in [0.2, 0.25) is 0 Å². The molecule has 158 valence electrons. The molecule has 7 nitrogen and oxygen atoms in total. The number of aromatic nitrogens is 3. The van der Waals surface area contributed by atoms with Gasteiger partial charge in [-0.3, -0.25) is 14.3 Å². The Bertz CT molecular complexity index is 1040. The molecule has 3 rings (SSSR count). The summed E-state index contributed by atoms with van der Waals surface area (Å²) in [6.45, 7) is 8.03. The molecule has 2 heterocycles. The summed E-state index contributed by atoms with van der Waals surface area (Å²) < 4.78 is 7.21. The minimum atomic E-state index is -0.607. The average Bonchev–Trinajstić information content (AvgIpc) is 3.06. The van der Waals surface area contributed by atoms with Crippen LogP contribution < -0.4 is 0 Å². The number of pyridine rings is 1. The van der Waals surface area contributed by atoms with E-state index in [-0.39, 0.29) is 24.4 Å². The number of carbonyl (C=O) groups excluding carboxylic acids is 2. The highest BCUT2D eigenvalue weighted by Crippen LogP contribution is 2.22. The fraction of sp³-hybridized carbons (Fsp3) is 0.391. The number of likely N-dealkylation sites (N-methyl/N-ethyl adjacent to an activating group) is 1. The van der Waals surface area contributed by atoms with Gasteiger partial charge in [0, 0.05) is 24.5 Å². The summed E-state index contributed by atoms with van der Waals surface area (Å²) in [6.07, 6.45) is 4.01. The zero-order chi connectivity index (χ0) is 21.8. The molecule has 3 aromatic rings.